The molecule has 2 aromatic carbocycles. The summed E-state index contributed by atoms with van der Waals surface area (Å²) >= 11 is 0. The van der Waals surface area contributed by atoms with Crippen LogP contribution >= 0.6 is 0 Å². The number of fused-ring (bicyclic) bond motifs is 2. The lowest BCUT2D eigenvalue weighted by molar-refractivity contribution is -0.137. The summed E-state index contributed by atoms with van der Waals surface area (Å²) in [7, 11) is 1.83. The molecule has 0 saturated heterocycles. The molecule has 0 aliphatic carbocycles. The Morgan fingerprint density at radius 2 is 2.00 bits per heavy atom. The third kappa shape index (κ3) is 4.93. The summed E-state index contributed by atoms with van der Waals surface area (Å²) in [5.41, 5.74) is 1.66. The van der Waals surface area contributed by atoms with Crippen molar-refractivity contribution in [3.05, 3.63) is 70.0 Å². The minimum absolute atomic E-state index is 0.113. The molecule has 9 heteroatoms. The van der Waals surface area contributed by atoms with Crippen LogP contribution in [0.1, 0.15) is 30.9 Å². The van der Waals surface area contributed by atoms with Crippen molar-refractivity contribution < 1.29 is 22.7 Å². The number of aromatic amines is 1. The minimum atomic E-state index is -4.48. The highest BCUT2D eigenvalue weighted by Gasteiger charge is 2.32. The number of anilines is 2. The van der Waals surface area contributed by atoms with Crippen LogP contribution in [-0.4, -0.2) is 31.1 Å². The Morgan fingerprint density at radius 3 is 2.74 bits per heavy atom. The van der Waals surface area contributed by atoms with Crippen LogP contribution in [0.2, 0.25) is 0 Å². The first-order valence-corrected chi connectivity index (χ1v) is 10.9. The monoisotopic (exact) mass is 471 g/mol. The van der Waals surface area contributed by atoms with E-state index < -0.39 is 17.6 Å². The number of alkyl halides is 3. The fourth-order valence-electron chi connectivity index (χ4n) is 3.87. The molecule has 178 valence electrons. The summed E-state index contributed by atoms with van der Waals surface area (Å²) in [5, 5.41) is 3.59. The van der Waals surface area contributed by atoms with Gasteiger partial charge in [0.2, 0.25) is 5.91 Å². The Kier molecular flexibility index (Phi) is 6.37. The van der Waals surface area contributed by atoms with E-state index >= 15 is 0 Å². The quantitative estimate of drug-likeness (QED) is 0.513. The number of H-pyrrole nitrogens is 1. The highest BCUT2D eigenvalue weighted by molar-refractivity contribution is 6.05. The molecule has 0 bridgehead atoms. The number of aromatic nitrogens is 1. The summed E-state index contributed by atoms with van der Waals surface area (Å²) in [5.74, 6) is -0.311. The smallest absolute Gasteiger partial charge is 0.416 e. The Labute approximate surface area is 194 Å². The molecular formula is C25H24F3N3O3. The number of hydrogen-bond acceptors (Lipinski definition) is 4. The summed E-state index contributed by atoms with van der Waals surface area (Å²) in [6, 6.07) is 10.3. The van der Waals surface area contributed by atoms with Crippen LogP contribution in [0, 0.1) is 0 Å². The van der Waals surface area contributed by atoms with E-state index in [0.29, 0.717) is 47.4 Å². The molecule has 6 nitrogen and oxygen atoms in total. The topological polar surface area (TPSA) is 74.4 Å². The Bertz CT molecular complexity index is 1330. The van der Waals surface area contributed by atoms with Gasteiger partial charge in [0.15, 0.2) is 0 Å². The van der Waals surface area contributed by atoms with Crippen LogP contribution < -0.4 is 20.5 Å². The van der Waals surface area contributed by atoms with E-state index in [9.17, 15) is 22.8 Å². The number of nitrogens with zero attached hydrogens (tertiary/aromatic N) is 1. The summed E-state index contributed by atoms with van der Waals surface area (Å²) in [6.07, 6.45) is -2.03. The minimum Gasteiger partial charge on any atom is -0.493 e. The van der Waals surface area contributed by atoms with Crippen LogP contribution in [0.25, 0.3) is 16.5 Å². The zero-order valence-electron chi connectivity index (χ0n) is 18.8. The Balaban J connectivity index is 1.59. The molecule has 1 aliphatic heterocycles. The maximum Gasteiger partial charge on any atom is 0.416 e. The van der Waals surface area contributed by atoms with Crippen molar-refractivity contribution in [3.63, 3.8) is 0 Å². The molecule has 1 aliphatic rings. The van der Waals surface area contributed by atoms with Gasteiger partial charge in [0, 0.05) is 36.3 Å². The molecule has 0 atom stereocenters. The molecule has 34 heavy (non-hydrogen) atoms. The average molecular weight is 471 g/mol. The van der Waals surface area contributed by atoms with E-state index in [1.807, 2.05) is 18.9 Å². The standard InChI is InChI=1S/C25H24F3N3O3/c1-3-31(2)21-11-16-6-8-18(14-20(16)30-24(21)33)29-23(32)12-15-5-4-10-34-22-13-17(25(26,27)28)7-9-19(15)22/h6-9,11-14H,3-5,10H2,1-2H3,(H,29,32)(H,30,33). The molecule has 0 radical (unpaired) electrons. The van der Waals surface area contributed by atoms with Crippen molar-refractivity contribution in [1.82, 2.24) is 4.98 Å². The fourth-order valence-corrected chi connectivity index (χ4v) is 3.87. The lowest BCUT2D eigenvalue weighted by Crippen LogP contribution is -2.24. The van der Waals surface area contributed by atoms with Gasteiger partial charge in [-0.2, -0.15) is 13.2 Å². The first-order chi connectivity index (χ1) is 16.2. The number of nitrogens with one attached hydrogen (secondary N) is 2. The number of hydrogen-bond donors (Lipinski definition) is 2. The zero-order valence-corrected chi connectivity index (χ0v) is 18.8. The molecule has 4 rings (SSSR count). The second kappa shape index (κ2) is 9.24. The van der Waals surface area contributed by atoms with Gasteiger partial charge in [-0.3, -0.25) is 9.59 Å². The van der Waals surface area contributed by atoms with Crippen LogP contribution in [-0.2, 0) is 11.0 Å². The molecule has 3 aromatic rings. The van der Waals surface area contributed by atoms with Crippen LogP contribution in [0.15, 0.2) is 53.3 Å². The third-order valence-electron chi connectivity index (χ3n) is 5.79. The van der Waals surface area contributed by atoms with Crippen LogP contribution in [0.4, 0.5) is 24.5 Å². The normalized spacial score (nSPS) is 14.9. The highest BCUT2D eigenvalue weighted by atomic mass is 19.4. The lowest BCUT2D eigenvalue weighted by Gasteiger charge is -2.16. The first kappa shape index (κ1) is 23.4. The van der Waals surface area contributed by atoms with E-state index in [1.165, 1.54) is 12.1 Å². The van der Waals surface area contributed by atoms with E-state index in [-0.39, 0.29) is 17.9 Å². The Hall–Kier alpha value is -3.75. The van der Waals surface area contributed by atoms with Crippen molar-refractivity contribution in [2.45, 2.75) is 25.9 Å². The van der Waals surface area contributed by atoms with Gasteiger partial charge in [-0.25, -0.2) is 0 Å². The van der Waals surface area contributed by atoms with Crippen LogP contribution in [0.5, 0.6) is 5.75 Å². The van der Waals surface area contributed by atoms with E-state index in [0.717, 1.165) is 17.5 Å². The molecule has 0 spiro atoms. The van der Waals surface area contributed by atoms with E-state index in [4.69, 9.17) is 4.74 Å². The van der Waals surface area contributed by atoms with E-state index in [2.05, 4.69) is 10.3 Å². The Morgan fingerprint density at radius 1 is 1.21 bits per heavy atom. The van der Waals surface area contributed by atoms with Crippen molar-refractivity contribution >= 4 is 33.8 Å². The number of allylic oxidation sites excluding steroid dienone is 1. The van der Waals surface area contributed by atoms with Gasteiger partial charge in [-0.15, -0.1) is 0 Å². The maximum atomic E-state index is 13.1. The lowest BCUT2D eigenvalue weighted by atomic mass is 9.99. The van der Waals surface area contributed by atoms with Gasteiger partial charge in [0.25, 0.3) is 5.56 Å². The molecule has 2 N–H and O–H groups in total. The maximum absolute atomic E-state index is 13.1. The highest BCUT2D eigenvalue weighted by Crippen LogP contribution is 2.38. The van der Waals surface area contributed by atoms with E-state index in [1.54, 1.807) is 24.3 Å². The number of carbonyl (C=O) groups is 1. The van der Waals surface area contributed by atoms with Crippen molar-refractivity contribution in [1.29, 1.82) is 0 Å². The molecule has 1 aromatic heterocycles. The summed E-state index contributed by atoms with van der Waals surface area (Å²) in [6.45, 7) is 2.90. The van der Waals surface area contributed by atoms with Gasteiger partial charge in [0.1, 0.15) is 11.4 Å². The largest absolute Gasteiger partial charge is 0.493 e. The molecule has 0 saturated carbocycles. The SMILES string of the molecule is CCN(C)c1cc2ccc(NC(=O)C=C3CCCOc4cc(C(F)(F)F)ccc43)cc2[nH]c1=O. The van der Waals surface area contributed by atoms with Crippen molar-refractivity contribution in [3.8, 4) is 5.75 Å². The number of halogens is 3. The first-order valence-electron chi connectivity index (χ1n) is 10.9. The predicted octanol–water partition coefficient (Wildman–Crippen LogP) is 5.20. The number of benzene rings is 2. The van der Waals surface area contributed by atoms with Crippen LogP contribution in [0.3, 0.4) is 0 Å². The van der Waals surface area contributed by atoms with Gasteiger partial charge in [0.05, 0.1) is 17.7 Å². The second-order valence-electron chi connectivity index (χ2n) is 8.12. The van der Waals surface area contributed by atoms with Gasteiger partial charge >= 0.3 is 6.18 Å². The number of ether oxygens (including phenoxy) is 1. The van der Waals surface area contributed by atoms with Crippen molar-refractivity contribution in [2.75, 3.05) is 30.4 Å². The number of amides is 1. The van der Waals surface area contributed by atoms with Gasteiger partial charge < -0.3 is 19.9 Å². The van der Waals surface area contributed by atoms with Gasteiger partial charge in [-0.1, -0.05) is 12.1 Å². The molecular weight excluding hydrogens is 447 g/mol. The summed E-state index contributed by atoms with van der Waals surface area (Å²) < 4.78 is 44.7. The zero-order chi connectivity index (χ0) is 24.5. The second-order valence-corrected chi connectivity index (χ2v) is 8.12. The van der Waals surface area contributed by atoms with Gasteiger partial charge in [-0.05, 0) is 55.7 Å². The number of rotatable bonds is 4. The molecule has 2 heterocycles. The predicted molar refractivity (Wildman–Crippen MR) is 126 cm³/mol. The fraction of sp³-hybridized carbons (Fsp3) is 0.280. The van der Waals surface area contributed by atoms with Crippen molar-refractivity contribution in [2.24, 2.45) is 0 Å². The summed E-state index contributed by atoms with van der Waals surface area (Å²) in [4.78, 5) is 29.8. The molecule has 1 amide bonds. The molecule has 0 unspecified atom stereocenters. The molecule has 0 fully saturated rings. The third-order valence-corrected chi connectivity index (χ3v) is 5.79. The number of carbonyl (C=O) groups excluding carboxylic acids is 1. The number of pyridine rings is 1. The average Bonchev–Trinajstić information content (AvgIpc) is 2.99.